The summed E-state index contributed by atoms with van der Waals surface area (Å²) in [4.78, 5) is 14.1. The molecule has 0 radical (unpaired) electrons. The Balaban J connectivity index is 1.82. The summed E-state index contributed by atoms with van der Waals surface area (Å²) >= 11 is 5.26. The molecule has 0 saturated carbocycles. The molecule has 1 N–H and O–H groups in total. The third-order valence-corrected chi connectivity index (χ3v) is 4.32. The molecule has 1 amide bonds. The van der Waals surface area contributed by atoms with Gasteiger partial charge in [-0.05, 0) is 48.1 Å². The number of halogens is 3. The van der Waals surface area contributed by atoms with Crippen LogP contribution in [-0.2, 0) is 16.1 Å². The highest BCUT2D eigenvalue weighted by atomic mass is 32.1. The van der Waals surface area contributed by atoms with Gasteiger partial charge in [-0.15, -0.1) is 0 Å². The lowest BCUT2D eigenvalue weighted by Crippen LogP contribution is -2.30. The number of thiocarbonyl (C=S) groups is 1. The topological polar surface area (TPSA) is 50.8 Å². The van der Waals surface area contributed by atoms with Crippen molar-refractivity contribution in [3.05, 3.63) is 65.4 Å². The van der Waals surface area contributed by atoms with Crippen LogP contribution in [0.25, 0.3) is 6.08 Å². The zero-order chi connectivity index (χ0) is 21.0. The molecule has 1 heterocycles. The molecule has 9 heteroatoms. The normalized spacial score (nSPS) is 15.7. The molecule has 5 nitrogen and oxygen atoms in total. The van der Waals surface area contributed by atoms with Crippen molar-refractivity contribution in [1.82, 2.24) is 5.32 Å². The Morgan fingerprint density at radius 3 is 2.55 bits per heavy atom. The Labute approximate surface area is 170 Å². The van der Waals surface area contributed by atoms with Crippen LogP contribution in [0.15, 0.2) is 54.2 Å². The molecule has 1 aliphatic rings. The van der Waals surface area contributed by atoms with Gasteiger partial charge >= 0.3 is 6.18 Å². The first-order chi connectivity index (χ1) is 13.8. The molecule has 0 spiro atoms. The van der Waals surface area contributed by atoms with Crippen molar-refractivity contribution in [3.8, 4) is 5.75 Å². The fourth-order valence-corrected chi connectivity index (χ4v) is 3.09. The van der Waals surface area contributed by atoms with Crippen molar-refractivity contribution in [3.63, 3.8) is 0 Å². The molecule has 2 aromatic carbocycles. The quantitative estimate of drug-likeness (QED) is 0.563. The lowest BCUT2D eigenvalue weighted by atomic mass is 10.1. The molecule has 1 aliphatic heterocycles. The van der Waals surface area contributed by atoms with Crippen LogP contribution in [0.3, 0.4) is 0 Å². The Kier molecular flexibility index (Phi) is 6.19. The number of rotatable bonds is 6. The van der Waals surface area contributed by atoms with E-state index in [1.807, 2.05) is 6.07 Å². The van der Waals surface area contributed by atoms with E-state index in [9.17, 15) is 18.0 Å². The van der Waals surface area contributed by atoms with Gasteiger partial charge in [0.15, 0.2) is 5.11 Å². The molecule has 0 unspecified atom stereocenters. The van der Waals surface area contributed by atoms with E-state index in [0.29, 0.717) is 22.6 Å². The zero-order valence-corrected chi connectivity index (χ0v) is 16.1. The number of carbonyl (C=O) groups excluding carboxylic acids is 1. The third-order valence-electron chi connectivity index (χ3n) is 4.03. The molecule has 2 aromatic rings. The molecule has 152 valence electrons. The third kappa shape index (κ3) is 5.12. The monoisotopic (exact) mass is 422 g/mol. The number of nitrogens with one attached hydrogen (secondary N) is 1. The van der Waals surface area contributed by atoms with E-state index in [1.54, 1.807) is 48.5 Å². The lowest BCUT2D eigenvalue weighted by molar-refractivity contribution is -0.176. The molecule has 0 aromatic heterocycles. The molecular formula is C20H17F3N2O3S. The van der Waals surface area contributed by atoms with Crippen LogP contribution in [0.4, 0.5) is 18.9 Å². The average Bonchev–Trinajstić information content (AvgIpc) is 2.95. The maximum absolute atomic E-state index is 12.7. The van der Waals surface area contributed by atoms with E-state index < -0.39 is 12.8 Å². The number of methoxy groups -OCH3 is 1. The van der Waals surface area contributed by atoms with Crippen LogP contribution in [0.2, 0.25) is 0 Å². The number of benzene rings is 2. The fraction of sp³-hybridized carbons (Fsp3) is 0.200. The highest BCUT2D eigenvalue weighted by molar-refractivity contribution is 7.80. The maximum atomic E-state index is 12.7. The maximum Gasteiger partial charge on any atom is 0.411 e. The molecule has 1 saturated heterocycles. The Morgan fingerprint density at radius 2 is 1.90 bits per heavy atom. The molecule has 0 aliphatic carbocycles. The number of hydrogen-bond acceptors (Lipinski definition) is 4. The largest absolute Gasteiger partial charge is 0.496 e. The second-order valence-electron chi connectivity index (χ2n) is 6.14. The van der Waals surface area contributed by atoms with Gasteiger partial charge in [0.1, 0.15) is 18.1 Å². The van der Waals surface area contributed by atoms with Gasteiger partial charge in [-0.1, -0.05) is 24.3 Å². The van der Waals surface area contributed by atoms with Gasteiger partial charge in [0, 0.05) is 5.56 Å². The molecule has 29 heavy (non-hydrogen) atoms. The number of carbonyl (C=O) groups is 1. The minimum atomic E-state index is -4.41. The molecular weight excluding hydrogens is 405 g/mol. The van der Waals surface area contributed by atoms with Crippen LogP contribution in [0, 0.1) is 0 Å². The van der Waals surface area contributed by atoms with Crippen molar-refractivity contribution < 1.29 is 27.4 Å². The summed E-state index contributed by atoms with van der Waals surface area (Å²) in [5.74, 6) is 0.0633. The minimum Gasteiger partial charge on any atom is -0.496 e. The predicted molar refractivity (Wildman–Crippen MR) is 106 cm³/mol. The molecule has 3 rings (SSSR count). The highest BCUT2D eigenvalue weighted by Crippen LogP contribution is 2.26. The standard InChI is InChI=1S/C20H17F3N2O3S/c1-27-17-8-7-13(9-14(17)11-28-12-20(21,22)23)10-16-18(26)25(19(29)24-16)15-5-3-2-4-6-15/h2-10H,11-12H2,1H3,(H,24,29)/b16-10+. The smallest absolute Gasteiger partial charge is 0.411 e. The number of anilines is 1. The number of nitrogens with zero attached hydrogens (tertiary/aromatic N) is 1. The second-order valence-corrected chi connectivity index (χ2v) is 6.53. The van der Waals surface area contributed by atoms with Crippen molar-refractivity contribution in [2.75, 3.05) is 18.6 Å². The minimum absolute atomic E-state index is 0.245. The Morgan fingerprint density at radius 1 is 1.17 bits per heavy atom. The van der Waals surface area contributed by atoms with Crippen LogP contribution in [0.5, 0.6) is 5.75 Å². The first-order valence-corrected chi connectivity index (χ1v) is 8.93. The van der Waals surface area contributed by atoms with Gasteiger partial charge in [-0.25, -0.2) is 0 Å². The first kappa shape index (κ1) is 20.8. The van der Waals surface area contributed by atoms with Crippen LogP contribution >= 0.6 is 12.2 Å². The molecule has 0 bridgehead atoms. The van der Waals surface area contributed by atoms with Crippen molar-refractivity contribution in [2.24, 2.45) is 0 Å². The van der Waals surface area contributed by atoms with E-state index in [0.717, 1.165) is 0 Å². The Bertz CT molecular complexity index is 946. The fourth-order valence-electron chi connectivity index (χ4n) is 2.79. The summed E-state index contributed by atoms with van der Waals surface area (Å²) < 4.78 is 46.9. The van der Waals surface area contributed by atoms with Crippen molar-refractivity contribution in [2.45, 2.75) is 12.8 Å². The van der Waals surface area contributed by atoms with E-state index in [1.165, 1.54) is 12.0 Å². The van der Waals surface area contributed by atoms with E-state index in [2.05, 4.69) is 5.32 Å². The van der Waals surface area contributed by atoms with Crippen molar-refractivity contribution in [1.29, 1.82) is 0 Å². The van der Waals surface area contributed by atoms with E-state index in [-0.39, 0.29) is 23.3 Å². The van der Waals surface area contributed by atoms with Gasteiger partial charge in [0.05, 0.1) is 19.4 Å². The summed E-state index contributed by atoms with van der Waals surface area (Å²) in [7, 11) is 1.42. The Hall–Kier alpha value is -2.91. The summed E-state index contributed by atoms with van der Waals surface area (Å²) in [6.07, 6.45) is -2.84. The predicted octanol–water partition coefficient (Wildman–Crippen LogP) is 4.04. The van der Waals surface area contributed by atoms with Crippen LogP contribution < -0.4 is 15.0 Å². The second kappa shape index (κ2) is 8.62. The zero-order valence-electron chi connectivity index (χ0n) is 15.3. The number of para-hydroxylation sites is 1. The van der Waals surface area contributed by atoms with Gasteiger partial charge in [0.25, 0.3) is 5.91 Å². The number of amides is 1. The summed E-state index contributed by atoms with van der Waals surface area (Å²) in [5, 5.41) is 3.11. The van der Waals surface area contributed by atoms with Gasteiger partial charge in [0.2, 0.25) is 0 Å². The number of ether oxygens (including phenoxy) is 2. The summed E-state index contributed by atoms with van der Waals surface area (Å²) in [6.45, 7) is -1.64. The lowest BCUT2D eigenvalue weighted by Gasteiger charge is -2.13. The highest BCUT2D eigenvalue weighted by Gasteiger charge is 2.32. The summed E-state index contributed by atoms with van der Waals surface area (Å²) in [6, 6.07) is 13.8. The number of alkyl halides is 3. The number of hydrogen-bond donors (Lipinski definition) is 1. The van der Waals surface area contributed by atoms with E-state index in [4.69, 9.17) is 21.7 Å². The van der Waals surface area contributed by atoms with Crippen LogP contribution in [-0.4, -0.2) is 30.9 Å². The summed E-state index contributed by atoms with van der Waals surface area (Å²) in [5.41, 5.74) is 1.91. The molecule has 1 fully saturated rings. The van der Waals surface area contributed by atoms with Gasteiger partial charge in [-0.3, -0.25) is 9.69 Å². The van der Waals surface area contributed by atoms with E-state index >= 15 is 0 Å². The van der Waals surface area contributed by atoms with Crippen LogP contribution in [0.1, 0.15) is 11.1 Å². The van der Waals surface area contributed by atoms with Crippen molar-refractivity contribution >= 4 is 35.0 Å². The van der Waals surface area contributed by atoms with Gasteiger partial charge in [-0.2, -0.15) is 13.2 Å². The average molecular weight is 422 g/mol. The SMILES string of the molecule is COc1ccc(/C=C2/NC(=S)N(c3ccccc3)C2=O)cc1COCC(F)(F)F. The molecule has 0 atom stereocenters. The first-order valence-electron chi connectivity index (χ1n) is 8.52. The van der Waals surface area contributed by atoms with Gasteiger partial charge < -0.3 is 14.8 Å².